The summed E-state index contributed by atoms with van der Waals surface area (Å²) in [6.45, 7) is 2.56. The van der Waals surface area contributed by atoms with Crippen LogP contribution >= 0.6 is 0 Å². The number of carbonyl (C=O) groups is 1. The Morgan fingerprint density at radius 1 is 1.39 bits per heavy atom. The molecule has 1 aliphatic heterocycles. The van der Waals surface area contributed by atoms with Crippen LogP contribution in [0.1, 0.15) is 12.5 Å². The van der Waals surface area contributed by atoms with E-state index in [0.29, 0.717) is 11.5 Å². The maximum atomic E-state index is 10.7. The van der Waals surface area contributed by atoms with Gasteiger partial charge in [-0.2, -0.15) is 0 Å². The molecule has 0 spiro atoms. The molecule has 5 heteroatoms. The third-order valence-electron chi connectivity index (χ3n) is 2.71. The van der Waals surface area contributed by atoms with Crippen molar-refractivity contribution >= 4 is 6.16 Å². The number of methoxy groups -OCH3 is 1. The van der Waals surface area contributed by atoms with E-state index in [1.807, 2.05) is 18.2 Å². The van der Waals surface area contributed by atoms with Gasteiger partial charge in [-0.15, -0.1) is 0 Å². The van der Waals surface area contributed by atoms with E-state index in [9.17, 15) is 4.79 Å². The van der Waals surface area contributed by atoms with Crippen molar-refractivity contribution in [1.82, 2.24) is 0 Å². The highest BCUT2D eigenvalue weighted by atomic mass is 16.8. The fraction of sp³-hybridized carbons (Fsp3) is 0.462. The number of aryl methyl sites for hydroxylation is 1. The molecule has 0 amide bonds. The van der Waals surface area contributed by atoms with Crippen LogP contribution in [0.25, 0.3) is 0 Å². The first-order valence-corrected chi connectivity index (χ1v) is 5.86. The van der Waals surface area contributed by atoms with Gasteiger partial charge in [-0.05, 0) is 24.1 Å². The summed E-state index contributed by atoms with van der Waals surface area (Å²) in [6, 6.07) is 5.77. The van der Waals surface area contributed by atoms with Crippen LogP contribution in [0.5, 0.6) is 11.5 Å². The minimum Gasteiger partial charge on any atom is -0.493 e. The van der Waals surface area contributed by atoms with Crippen molar-refractivity contribution < 1.29 is 23.7 Å². The largest absolute Gasteiger partial charge is 0.508 e. The summed E-state index contributed by atoms with van der Waals surface area (Å²) >= 11 is 0. The summed E-state index contributed by atoms with van der Waals surface area (Å²) in [5.41, 5.74) is 1.18. The standard InChI is InChI=1S/C13H16O5/c1-3-9-4-5-11(12(6-9)15-2)16-7-10-8-17-13(14)18-10/h4-6,10H,3,7-8H2,1-2H3. The topological polar surface area (TPSA) is 54.0 Å². The maximum Gasteiger partial charge on any atom is 0.508 e. The van der Waals surface area contributed by atoms with Gasteiger partial charge in [-0.3, -0.25) is 0 Å². The molecule has 98 valence electrons. The normalized spacial score (nSPS) is 18.1. The zero-order chi connectivity index (χ0) is 13.0. The van der Waals surface area contributed by atoms with Gasteiger partial charge in [0, 0.05) is 0 Å². The van der Waals surface area contributed by atoms with E-state index in [1.54, 1.807) is 7.11 Å². The van der Waals surface area contributed by atoms with Gasteiger partial charge in [0.25, 0.3) is 0 Å². The smallest absolute Gasteiger partial charge is 0.493 e. The van der Waals surface area contributed by atoms with Crippen molar-refractivity contribution in [3.8, 4) is 11.5 Å². The molecule has 0 aromatic heterocycles. The van der Waals surface area contributed by atoms with E-state index in [-0.39, 0.29) is 19.3 Å². The van der Waals surface area contributed by atoms with Crippen LogP contribution < -0.4 is 9.47 Å². The number of hydrogen-bond acceptors (Lipinski definition) is 5. The third kappa shape index (κ3) is 2.85. The summed E-state index contributed by atoms with van der Waals surface area (Å²) < 4.78 is 20.4. The summed E-state index contributed by atoms with van der Waals surface area (Å²) in [5.74, 6) is 1.32. The summed E-state index contributed by atoms with van der Waals surface area (Å²) in [6.07, 6.45) is -0.0602. The molecule has 5 nitrogen and oxygen atoms in total. The Hall–Kier alpha value is -1.91. The highest BCUT2D eigenvalue weighted by Gasteiger charge is 2.25. The third-order valence-corrected chi connectivity index (χ3v) is 2.71. The fourth-order valence-electron chi connectivity index (χ4n) is 1.68. The molecule has 1 aromatic carbocycles. The maximum absolute atomic E-state index is 10.7. The van der Waals surface area contributed by atoms with E-state index < -0.39 is 6.16 Å². The Labute approximate surface area is 106 Å². The van der Waals surface area contributed by atoms with Gasteiger partial charge in [0.15, 0.2) is 17.6 Å². The summed E-state index contributed by atoms with van der Waals surface area (Å²) in [7, 11) is 1.60. The van der Waals surface area contributed by atoms with Crippen molar-refractivity contribution in [2.45, 2.75) is 19.4 Å². The second-order valence-electron chi connectivity index (χ2n) is 3.95. The lowest BCUT2D eigenvalue weighted by Crippen LogP contribution is -2.20. The number of rotatable bonds is 5. The molecule has 0 aliphatic carbocycles. The minimum atomic E-state index is -0.642. The molecule has 1 fully saturated rings. The van der Waals surface area contributed by atoms with E-state index in [0.717, 1.165) is 6.42 Å². The van der Waals surface area contributed by atoms with Gasteiger partial charge in [-0.1, -0.05) is 13.0 Å². The van der Waals surface area contributed by atoms with Crippen LogP contribution in [0.3, 0.4) is 0 Å². The first-order chi connectivity index (χ1) is 8.72. The molecule has 1 heterocycles. The predicted molar refractivity (Wildman–Crippen MR) is 64.1 cm³/mol. The quantitative estimate of drug-likeness (QED) is 0.752. The van der Waals surface area contributed by atoms with Gasteiger partial charge < -0.3 is 18.9 Å². The highest BCUT2D eigenvalue weighted by Crippen LogP contribution is 2.28. The number of cyclic esters (lactones) is 2. The lowest BCUT2D eigenvalue weighted by Gasteiger charge is -2.13. The molecule has 1 aromatic rings. The minimum absolute atomic E-state index is 0.230. The van der Waals surface area contributed by atoms with Crippen LogP contribution in [0.4, 0.5) is 4.79 Å². The molecule has 0 bridgehead atoms. The van der Waals surface area contributed by atoms with Crippen LogP contribution in [0.15, 0.2) is 18.2 Å². The summed E-state index contributed by atoms with van der Waals surface area (Å²) in [5, 5.41) is 0. The average Bonchev–Trinajstić information content (AvgIpc) is 2.82. The van der Waals surface area contributed by atoms with E-state index in [4.69, 9.17) is 14.2 Å². The van der Waals surface area contributed by atoms with Crippen LogP contribution in [-0.2, 0) is 15.9 Å². The molecule has 0 radical (unpaired) electrons. The van der Waals surface area contributed by atoms with E-state index in [1.165, 1.54) is 5.56 Å². The Bertz CT molecular complexity index is 429. The number of ether oxygens (including phenoxy) is 4. The Kier molecular flexibility index (Phi) is 3.92. The highest BCUT2D eigenvalue weighted by molar-refractivity contribution is 5.61. The second kappa shape index (κ2) is 5.62. The van der Waals surface area contributed by atoms with Crippen LogP contribution in [0.2, 0.25) is 0 Å². The zero-order valence-corrected chi connectivity index (χ0v) is 10.5. The molecule has 1 saturated heterocycles. The van der Waals surface area contributed by atoms with Crippen LogP contribution in [-0.4, -0.2) is 32.6 Å². The lowest BCUT2D eigenvalue weighted by molar-refractivity contribution is 0.0975. The molecular weight excluding hydrogens is 236 g/mol. The monoisotopic (exact) mass is 252 g/mol. The van der Waals surface area contributed by atoms with Gasteiger partial charge in [-0.25, -0.2) is 4.79 Å². The molecule has 18 heavy (non-hydrogen) atoms. The second-order valence-corrected chi connectivity index (χ2v) is 3.95. The molecular formula is C13H16O5. The summed E-state index contributed by atoms with van der Waals surface area (Å²) in [4.78, 5) is 10.7. The average molecular weight is 252 g/mol. The van der Waals surface area contributed by atoms with Crippen molar-refractivity contribution in [1.29, 1.82) is 0 Å². The van der Waals surface area contributed by atoms with E-state index >= 15 is 0 Å². The Morgan fingerprint density at radius 3 is 2.83 bits per heavy atom. The SMILES string of the molecule is CCc1ccc(OCC2COC(=O)O2)c(OC)c1. The van der Waals surface area contributed by atoms with Crippen molar-refractivity contribution in [3.63, 3.8) is 0 Å². The van der Waals surface area contributed by atoms with E-state index in [2.05, 4.69) is 11.7 Å². The predicted octanol–water partition coefficient (Wildman–Crippen LogP) is 2.17. The van der Waals surface area contributed by atoms with Crippen molar-refractivity contribution in [2.75, 3.05) is 20.3 Å². The van der Waals surface area contributed by atoms with Crippen LogP contribution in [0, 0.1) is 0 Å². The van der Waals surface area contributed by atoms with Gasteiger partial charge in [0.1, 0.15) is 13.2 Å². The number of hydrogen-bond donors (Lipinski definition) is 0. The first kappa shape index (κ1) is 12.5. The van der Waals surface area contributed by atoms with Crippen molar-refractivity contribution in [3.05, 3.63) is 23.8 Å². The number of carbonyl (C=O) groups excluding carboxylic acids is 1. The Balaban J connectivity index is 1.98. The fourth-order valence-corrected chi connectivity index (χ4v) is 1.68. The lowest BCUT2D eigenvalue weighted by atomic mass is 10.1. The van der Waals surface area contributed by atoms with Gasteiger partial charge in [0.05, 0.1) is 7.11 Å². The molecule has 2 rings (SSSR count). The molecule has 1 unspecified atom stereocenters. The Morgan fingerprint density at radius 2 is 2.22 bits per heavy atom. The van der Waals surface area contributed by atoms with Crippen molar-refractivity contribution in [2.24, 2.45) is 0 Å². The molecule has 1 aliphatic rings. The molecule has 1 atom stereocenters. The van der Waals surface area contributed by atoms with Gasteiger partial charge >= 0.3 is 6.16 Å². The first-order valence-electron chi connectivity index (χ1n) is 5.86. The molecule has 0 N–H and O–H groups in total. The van der Waals surface area contributed by atoms with Gasteiger partial charge in [0.2, 0.25) is 0 Å². The number of benzene rings is 1. The molecule has 0 saturated carbocycles. The zero-order valence-electron chi connectivity index (χ0n) is 10.5.